The van der Waals surface area contributed by atoms with Crippen LogP contribution in [0.1, 0.15) is 13.3 Å². The quantitative estimate of drug-likeness (QED) is 0.641. The lowest BCUT2D eigenvalue weighted by molar-refractivity contribution is -0.142. The maximum Gasteiger partial charge on any atom is 0.306 e. The van der Waals surface area contributed by atoms with Crippen molar-refractivity contribution in [3.8, 4) is 0 Å². The van der Waals surface area contributed by atoms with E-state index in [-0.39, 0.29) is 11.7 Å². The number of carbonyl (C=O) groups is 2. The minimum absolute atomic E-state index is 0.0306. The van der Waals surface area contributed by atoms with Crippen LogP contribution >= 0.6 is 0 Å². The van der Waals surface area contributed by atoms with Gasteiger partial charge in [-0.2, -0.15) is 0 Å². The summed E-state index contributed by atoms with van der Waals surface area (Å²) in [6.07, 6.45) is 3.50. The van der Waals surface area contributed by atoms with Crippen molar-refractivity contribution in [1.82, 2.24) is 0 Å². The van der Waals surface area contributed by atoms with E-state index in [9.17, 15) is 9.59 Å². The van der Waals surface area contributed by atoms with Crippen LogP contribution in [0.5, 0.6) is 0 Å². The Morgan fingerprint density at radius 1 is 1.82 bits per heavy atom. The molecule has 0 amide bonds. The Kier molecular flexibility index (Phi) is 2.08. The highest BCUT2D eigenvalue weighted by atomic mass is 16.4. The Balaban J connectivity index is 2.57. The minimum atomic E-state index is -0.839. The van der Waals surface area contributed by atoms with Crippen LogP contribution in [-0.4, -0.2) is 16.9 Å². The molecule has 0 spiro atoms. The van der Waals surface area contributed by atoms with E-state index in [1.54, 1.807) is 13.0 Å². The fraction of sp³-hybridized carbons (Fsp3) is 0.500. The Hall–Kier alpha value is -1.12. The summed E-state index contributed by atoms with van der Waals surface area (Å²) in [5.74, 6) is -1.35. The standard InChI is InChI=1S/C8H10O3/c1-5(8(10)11)6-2-3-7(9)4-6/h2-3,5-6H,4H2,1H3,(H,10,11)/t5-,6?/m0/s1. The average molecular weight is 154 g/mol. The molecule has 0 aliphatic heterocycles. The van der Waals surface area contributed by atoms with Gasteiger partial charge in [-0.05, 0) is 12.0 Å². The molecule has 0 heterocycles. The molecule has 0 aromatic rings. The molecule has 0 fully saturated rings. The number of aliphatic carboxylic acids is 1. The predicted octanol–water partition coefficient (Wildman–Crippen LogP) is 0.852. The van der Waals surface area contributed by atoms with Gasteiger partial charge >= 0.3 is 5.97 Å². The molecule has 0 bridgehead atoms. The molecule has 0 radical (unpaired) electrons. The molecule has 3 heteroatoms. The Morgan fingerprint density at radius 3 is 2.82 bits per heavy atom. The second kappa shape index (κ2) is 2.86. The Morgan fingerprint density at radius 2 is 2.45 bits per heavy atom. The van der Waals surface area contributed by atoms with Gasteiger partial charge in [0, 0.05) is 6.42 Å². The van der Waals surface area contributed by atoms with E-state index < -0.39 is 11.9 Å². The first-order valence-corrected chi connectivity index (χ1v) is 3.55. The number of carboxylic acid groups (broad SMARTS) is 1. The van der Waals surface area contributed by atoms with Gasteiger partial charge in [-0.15, -0.1) is 0 Å². The molecule has 3 nitrogen and oxygen atoms in total. The maximum atomic E-state index is 10.7. The van der Waals surface area contributed by atoms with Crippen molar-refractivity contribution in [2.45, 2.75) is 13.3 Å². The molecule has 2 atom stereocenters. The zero-order chi connectivity index (χ0) is 8.43. The van der Waals surface area contributed by atoms with Gasteiger partial charge in [0.15, 0.2) is 5.78 Å². The van der Waals surface area contributed by atoms with Crippen molar-refractivity contribution in [2.24, 2.45) is 11.8 Å². The summed E-state index contributed by atoms with van der Waals surface area (Å²) >= 11 is 0. The number of allylic oxidation sites excluding steroid dienone is 2. The van der Waals surface area contributed by atoms with Gasteiger partial charge in [0.1, 0.15) is 0 Å². The molecule has 11 heavy (non-hydrogen) atoms. The molecular weight excluding hydrogens is 144 g/mol. The zero-order valence-electron chi connectivity index (χ0n) is 6.28. The summed E-state index contributed by atoms with van der Waals surface area (Å²) in [6, 6.07) is 0. The van der Waals surface area contributed by atoms with E-state index in [2.05, 4.69) is 0 Å². The molecular formula is C8H10O3. The van der Waals surface area contributed by atoms with E-state index in [1.165, 1.54) is 6.08 Å². The number of carboxylic acids is 1. The van der Waals surface area contributed by atoms with E-state index in [0.29, 0.717) is 6.42 Å². The van der Waals surface area contributed by atoms with Gasteiger partial charge < -0.3 is 5.11 Å². The van der Waals surface area contributed by atoms with Crippen LogP contribution in [-0.2, 0) is 9.59 Å². The number of rotatable bonds is 2. The summed E-state index contributed by atoms with van der Waals surface area (Å²) in [6.45, 7) is 1.62. The van der Waals surface area contributed by atoms with Crippen molar-refractivity contribution >= 4 is 11.8 Å². The van der Waals surface area contributed by atoms with Crippen LogP contribution < -0.4 is 0 Å². The van der Waals surface area contributed by atoms with Gasteiger partial charge in [0.05, 0.1) is 5.92 Å². The minimum Gasteiger partial charge on any atom is -0.481 e. The summed E-state index contributed by atoms with van der Waals surface area (Å²) in [5.41, 5.74) is 0. The van der Waals surface area contributed by atoms with Gasteiger partial charge in [-0.3, -0.25) is 9.59 Å². The number of hydrogen-bond acceptors (Lipinski definition) is 2. The van der Waals surface area contributed by atoms with Gasteiger partial charge in [0.25, 0.3) is 0 Å². The van der Waals surface area contributed by atoms with Crippen molar-refractivity contribution in [3.63, 3.8) is 0 Å². The average Bonchev–Trinajstić information content (AvgIpc) is 2.34. The van der Waals surface area contributed by atoms with E-state index in [1.807, 2.05) is 0 Å². The highest BCUT2D eigenvalue weighted by Gasteiger charge is 2.26. The van der Waals surface area contributed by atoms with Gasteiger partial charge in [-0.25, -0.2) is 0 Å². The fourth-order valence-electron chi connectivity index (χ4n) is 1.13. The highest BCUT2D eigenvalue weighted by molar-refractivity contribution is 5.93. The molecule has 0 saturated heterocycles. The fourth-order valence-corrected chi connectivity index (χ4v) is 1.13. The van der Waals surface area contributed by atoms with E-state index in [0.717, 1.165) is 0 Å². The van der Waals surface area contributed by atoms with Crippen molar-refractivity contribution in [2.75, 3.05) is 0 Å². The summed E-state index contributed by atoms with van der Waals surface area (Å²) < 4.78 is 0. The van der Waals surface area contributed by atoms with Crippen LogP contribution in [0.4, 0.5) is 0 Å². The molecule has 1 N–H and O–H groups in total. The SMILES string of the molecule is C[C@H](C(=O)O)C1C=CC(=O)C1. The third kappa shape index (κ3) is 1.67. The molecule has 60 valence electrons. The molecule has 0 aromatic heterocycles. The predicted molar refractivity (Wildman–Crippen MR) is 39.1 cm³/mol. The molecule has 1 unspecified atom stereocenters. The Bertz CT molecular complexity index is 217. The largest absolute Gasteiger partial charge is 0.481 e. The smallest absolute Gasteiger partial charge is 0.306 e. The highest BCUT2D eigenvalue weighted by Crippen LogP contribution is 2.22. The number of hydrogen-bond donors (Lipinski definition) is 1. The van der Waals surface area contributed by atoms with Crippen LogP contribution in [0, 0.1) is 11.8 Å². The molecule has 1 rings (SSSR count). The first-order chi connectivity index (χ1) is 5.11. The topological polar surface area (TPSA) is 54.4 Å². The van der Waals surface area contributed by atoms with Crippen LogP contribution in [0.15, 0.2) is 12.2 Å². The second-order valence-electron chi connectivity index (χ2n) is 2.82. The molecule has 1 aliphatic carbocycles. The summed E-state index contributed by atoms with van der Waals surface area (Å²) in [4.78, 5) is 21.1. The van der Waals surface area contributed by atoms with Crippen molar-refractivity contribution in [1.29, 1.82) is 0 Å². The Labute approximate surface area is 64.7 Å². The number of ketones is 1. The van der Waals surface area contributed by atoms with Crippen molar-refractivity contribution < 1.29 is 14.7 Å². The summed E-state index contributed by atoms with van der Waals surface area (Å²) in [5, 5.41) is 8.58. The first-order valence-electron chi connectivity index (χ1n) is 3.55. The monoisotopic (exact) mass is 154 g/mol. The number of carbonyl (C=O) groups excluding carboxylic acids is 1. The van der Waals surface area contributed by atoms with Crippen LogP contribution in [0.2, 0.25) is 0 Å². The third-order valence-electron chi connectivity index (χ3n) is 2.00. The third-order valence-corrected chi connectivity index (χ3v) is 2.00. The lowest BCUT2D eigenvalue weighted by Crippen LogP contribution is -2.18. The summed E-state index contributed by atoms with van der Waals surface area (Å²) in [7, 11) is 0. The van der Waals surface area contributed by atoms with E-state index >= 15 is 0 Å². The van der Waals surface area contributed by atoms with Crippen molar-refractivity contribution in [3.05, 3.63) is 12.2 Å². The van der Waals surface area contributed by atoms with Gasteiger partial charge in [0.2, 0.25) is 0 Å². The van der Waals surface area contributed by atoms with E-state index in [4.69, 9.17) is 5.11 Å². The maximum absolute atomic E-state index is 10.7. The van der Waals surface area contributed by atoms with Crippen LogP contribution in [0.3, 0.4) is 0 Å². The molecule has 1 aliphatic rings. The molecule has 0 saturated carbocycles. The van der Waals surface area contributed by atoms with Crippen LogP contribution in [0.25, 0.3) is 0 Å². The first kappa shape index (κ1) is 7.98. The molecule has 0 aromatic carbocycles. The zero-order valence-corrected chi connectivity index (χ0v) is 6.28. The normalized spacial score (nSPS) is 25.5. The lowest BCUT2D eigenvalue weighted by atomic mass is 9.94. The second-order valence-corrected chi connectivity index (χ2v) is 2.82. The van der Waals surface area contributed by atoms with Gasteiger partial charge in [-0.1, -0.05) is 13.0 Å². The lowest BCUT2D eigenvalue weighted by Gasteiger charge is -2.10.